The van der Waals surface area contributed by atoms with Crippen LogP contribution in [0, 0.1) is 5.92 Å². The van der Waals surface area contributed by atoms with Crippen molar-refractivity contribution in [3.05, 3.63) is 0 Å². The van der Waals surface area contributed by atoms with Gasteiger partial charge in [-0.05, 0) is 13.0 Å². The van der Waals surface area contributed by atoms with Crippen LogP contribution in [0.15, 0.2) is 0 Å². The quantitative estimate of drug-likeness (QED) is 0.647. The van der Waals surface area contributed by atoms with Crippen LogP contribution in [0.3, 0.4) is 0 Å². The molecular weight excluding hydrogens is 244 g/mol. The molecule has 1 atom stereocenters. The van der Waals surface area contributed by atoms with Crippen LogP contribution in [-0.4, -0.2) is 36.5 Å². The van der Waals surface area contributed by atoms with Crippen LogP contribution < -0.4 is 5.32 Å². The molecule has 1 fully saturated rings. The van der Waals surface area contributed by atoms with Crippen molar-refractivity contribution >= 4 is 5.97 Å². The second-order valence-corrected chi connectivity index (χ2v) is 3.03. The van der Waals surface area contributed by atoms with E-state index in [0.717, 1.165) is 0 Å². The van der Waals surface area contributed by atoms with Crippen molar-refractivity contribution in [1.82, 2.24) is 5.32 Å². The summed E-state index contributed by atoms with van der Waals surface area (Å²) in [6.45, 7) is 0.605. The first-order valence-corrected chi connectivity index (χ1v) is 4.12. The molecule has 1 aliphatic rings. The van der Waals surface area contributed by atoms with Gasteiger partial charge < -0.3 is 10.4 Å². The van der Waals surface area contributed by atoms with Gasteiger partial charge in [0.15, 0.2) is 0 Å². The molecule has 0 aliphatic carbocycles. The third-order valence-corrected chi connectivity index (χ3v) is 1.77. The summed E-state index contributed by atoms with van der Waals surface area (Å²) >= 11 is 0. The van der Waals surface area contributed by atoms with Crippen molar-refractivity contribution in [3.8, 4) is 0 Å². The lowest BCUT2D eigenvalue weighted by Crippen LogP contribution is -2.24. The molecule has 0 aromatic rings. The van der Waals surface area contributed by atoms with E-state index in [9.17, 15) is 26.3 Å². The minimum Gasteiger partial charge on any atom is -0.475 e. The Bertz CT molecular complexity index is 230. The highest BCUT2D eigenvalue weighted by molar-refractivity contribution is 5.73. The molecule has 1 aliphatic heterocycles. The number of rotatable bonds is 0. The topological polar surface area (TPSA) is 49.3 Å². The molecule has 9 heteroatoms. The Morgan fingerprint density at radius 2 is 1.62 bits per heavy atom. The number of nitrogens with one attached hydrogen (secondary N) is 1. The van der Waals surface area contributed by atoms with Crippen molar-refractivity contribution in [2.45, 2.75) is 18.8 Å². The van der Waals surface area contributed by atoms with Crippen LogP contribution in [0.25, 0.3) is 0 Å². The van der Waals surface area contributed by atoms with E-state index in [4.69, 9.17) is 9.90 Å². The first kappa shape index (κ1) is 15.0. The highest BCUT2D eigenvalue weighted by atomic mass is 19.4. The molecule has 96 valence electrons. The lowest BCUT2D eigenvalue weighted by Gasteiger charge is -2.11. The Kier molecular flexibility index (Phi) is 5.04. The fourth-order valence-corrected chi connectivity index (χ4v) is 0.934. The van der Waals surface area contributed by atoms with Gasteiger partial charge in [0.25, 0.3) is 0 Å². The monoisotopic (exact) mass is 253 g/mol. The number of carbonyl (C=O) groups is 1. The van der Waals surface area contributed by atoms with Crippen LogP contribution in [0.4, 0.5) is 26.3 Å². The SMILES string of the molecule is FC(F)(F)C1CCNC1.O=C(O)C(F)(F)F. The van der Waals surface area contributed by atoms with Gasteiger partial charge in [-0.15, -0.1) is 0 Å². The summed E-state index contributed by atoms with van der Waals surface area (Å²) < 4.78 is 66.9. The lowest BCUT2D eigenvalue weighted by molar-refractivity contribution is -0.192. The minimum atomic E-state index is -5.08. The van der Waals surface area contributed by atoms with Gasteiger partial charge in [0.05, 0.1) is 5.92 Å². The molecule has 16 heavy (non-hydrogen) atoms. The maximum Gasteiger partial charge on any atom is 0.490 e. The third-order valence-electron chi connectivity index (χ3n) is 1.77. The third kappa shape index (κ3) is 5.79. The average Bonchev–Trinajstić information content (AvgIpc) is 2.52. The van der Waals surface area contributed by atoms with Gasteiger partial charge in [0.1, 0.15) is 0 Å². The van der Waals surface area contributed by atoms with Crippen LogP contribution in [-0.2, 0) is 4.79 Å². The predicted molar refractivity (Wildman–Crippen MR) is 40.7 cm³/mol. The molecule has 0 bridgehead atoms. The van der Waals surface area contributed by atoms with Crippen molar-refractivity contribution in [3.63, 3.8) is 0 Å². The van der Waals surface area contributed by atoms with Gasteiger partial charge in [-0.1, -0.05) is 0 Å². The first-order chi connectivity index (χ1) is 7.05. The molecule has 0 amide bonds. The maximum absolute atomic E-state index is 11.7. The molecule has 1 saturated heterocycles. The van der Waals surface area contributed by atoms with Gasteiger partial charge in [0, 0.05) is 6.54 Å². The molecule has 0 spiro atoms. The summed E-state index contributed by atoms with van der Waals surface area (Å²) in [5.41, 5.74) is 0. The summed E-state index contributed by atoms with van der Waals surface area (Å²) in [5, 5.41) is 9.78. The van der Waals surface area contributed by atoms with Gasteiger partial charge in [0.2, 0.25) is 0 Å². The second kappa shape index (κ2) is 5.37. The summed E-state index contributed by atoms with van der Waals surface area (Å²) in [4.78, 5) is 8.90. The molecular formula is C7H9F6NO2. The van der Waals surface area contributed by atoms with Gasteiger partial charge in [-0.2, -0.15) is 26.3 Å². The number of aliphatic carboxylic acids is 1. The molecule has 0 saturated carbocycles. The average molecular weight is 253 g/mol. The van der Waals surface area contributed by atoms with Crippen LogP contribution in [0.1, 0.15) is 6.42 Å². The molecule has 1 rings (SSSR count). The Balaban J connectivity index is 0.000000293. The summed E-state index contributed by atoms with van der Waals surface area (Å²) in [6, 6.07) is 0. The van der Waals surface area contributed by atoms with Gasteiger partial charge >= 0.3 is 18.3 Å². The zero-order chi connectivity index (χ0) is 13.0. The molecule has 0 radical (unpaired) electrons. The zero-order valence-electron chi connectivity index (χ0n) is 7.82. The van der Waals surface area contributed by atoms with E-state index in [-0.39, 0.29) is 13.0 Å². The number of halogens is 6. The largest absolute Gasteiger partial charge is 0.490 e. The number of hydrogen-bond donors (Lipinski definition) is 2. The number of carboxylic acids is 1. The van der Waals surface area contributed by atoms with Crippen molar-refractivity contribution in [1.29, 1.82) is 0 Å². The fraction of sp³-hybridized carbons (Fsp3) is 0.857. The van der Waals surface area contributed by atoms with Crippen LogP contribution in [0.5, 0.6) is 0 Å². The Morgan fingerprint density at radius 3 is 1.75 bits per heavy atom. The van der Waals surface area contributed by atoms with E-state index < -0.39 is 24.2 Å². The molecule has 0 aromatic heterocycles. The number of carboxylic acid groups (broad SMARTS) is 1. The van der Waals surface area contributed by atoms with Crippen molar-refractivity contribution in [2.75, 3.05) is 13.1 Å². The lowest BCUT2D eigenvalue weighted by atomic mass is 10.1. The second-order valence-electron chi connectivity index (χ2n) is 3.03. The highest BCUT2D eigenvalue weighted by Gasteiger charge is 2.40. The molecule has 3 nitrogen and oxygen atoms in total. The standard InChI is InChI=1S/C5H8F3N.C2HF3O2/c6-5(7,8)4-1-2-9-3-4;3-2(4,5)1(6)7/h4,9H,1-3H2;(H,6,7). The van der Waals surface area contributed by atoms with Gasteiger partial charge in [-0.3, -0.25) is 0 Å². The smallest absolute Gasteiger partial charge is 0.475 e. The summed E-state index contributed by atoms with van der Waals surface area (Å²) in [5.74, 6) is -3.86. The van der Waals surface area contributed by atoms with Crippen molar-refractivity contribution < 1.29 is 36.2 Å². The maximum atomic E-state index is 11.7. The van der Waals surface area contributed by atoms with Gasteiger partial charge in [-0.25, -0.2) is 4.79 Å². The van der Waals surface area contributed by atoms with E-state index in [2.05, 4.69) is 5.32 Å². The first-order valence-electron chi connectivity index (χ1n) is 4.12. The molecule has 0 aromatic carbocycles. The van der Waals surface area contributed by atoms with E-state index in [1.165, 1.54) is 0 Å². The van der Waals surface area contributed by atoms with Crippen molar-refractivity contribution in [2.24, 2.45) is 5.92 Å². The minimum absolute atomic E-state index is 0.101. The molecule has 1 unspecified atom stereocenters. The highest BCUT2D eigenvalue weighted by Crippen LogP contribution is 2.29. The molecule has 1 heterocycles. The fourth-order valence-electron chi connectivity index (χ4n) is 0.934. The van der Waals surface area contributed by atoms with E-state index >= 15 is 0 Å². The number of alkyl halides is 6. The zero-order valence-corrected chi connectivity index (χ0v) is 7.82. The Hall–Kier alpha value is -0.990. The Morgan fingerprint density at radius 1 is 1.19 bits per heavy atom. The van der Waals surface area contributed by atoms with E-state index in [1.54, 1.807) is 0 Å². The summed E-state index contributed by atoms with van der Waals surface area (Å²) in [6.07, 6.45) is -8.83. The van der Waals surface area contributed by atoms with E-state index in [1.807, 2.05) is 0 Å². The normalized spacial score (nSPS) is 21.2. The molecule has 2 N–H and O–H groups in total. The predicted octanol–water partition coefficient (Wildman–Crippen LogP) is 1.79. The summed E-state index contributed by atoms with van der Waals surface area (Å²) in [7, 11) is 0. The Labute approximate surface area is 86.4 Å². The van der Waals surface area contributed by atoms with E-state index in [0.29, 0.717) is 6.54 Å². The number of hydrogen-bond acceptors (Lipinski definition) is 2. The van der Waals surface area contributed by atoms with Crippen LogP contribution in [0.2, 0.25) is 0 Å². The van der Waals surface area contributed by atoms with Crippen LogP contribution >= 0.6 is 0 Å².